The summed E-state index contributed by atoms with van der Waals surface area (Å²) in [6.07, 6.45) is 23.0. The summed E-state index contributed by atoms with van der Waals surface area (Å²) in [5.41, 5.74) is 0. The standard InChI is InChI=1S/C20H30O3/c1-2-3-4-5-6-7-8-10-13-16-19(21)17-14-11-9-12-15-18-20(22)23/h6-7,9-11,13-14,17H,2-5,8,12,15-16,18H2,1H3,(H,22,23)/b7-6-,11-9-,13-10-,17-14+. The van der Waals surface area contributed by atoms with Gasteiger partial charge in [-0.3, -0.25) is 9.59 Å². The molecule has 3 nitrogen and oxygen atoms in total. The molecule has 0 aromatic heterocycles. The van der Waals surface area contributed by atoms with E-state index in [1.807, 2.05) is 18.2 Å². The van der Waals surface area contributed by atoms with Crippen molar-refractivity contribution in [3.05, 3.63) is 48.6 Å². The number of rotatable bonds is 14. The molecule has 1 N–H and O–H groups in total. The van der Waals surface area contributed by atoms with Gasteiger partial charge >= 0.3 is 5.97 Å². The average molecular weight is 318 g/mol. The van der Waals surface area contributed by atoms with Crippen LogP contribution in [-0.2, 0) is 9.59 Å². The largest absolute Gasteiger partial charge is 0.481 e. The highest BCUT2D eigenvalue weighted by molar-refractivity contribution is 5.90. The first kappa shape index (κ1) is 21.1. The van der Waals surface area contributed by atoms with Crippen LogP contribution in [0.3, 0.4) is 0 Å². The summed E-state index contributed by atoms with van der Waals surface area (Å²) >= 11 is 0. The molecule has 0 amide bonds. The van der Waals surface area contributed by atoms with E-state index in [1.165, 1.54) is 19.3 Å². The van der Waals surface area contributed by atoms with Crippen LogP contribution < -0.4 is 0 Å². The Balaban J connectivity index is 3.65. The summed E-state index contributed by atoms with van der Waals surface area (Å²) in [6.45, 7) is 2.20. The molecule has 0 fully saturated rings. The van der Waals surface area contributed by atoms with E-state index in [4.69, 9.17) is 5.11 Å². The van der Waals surface area contributed by atoms with E-state index in [1.54, 1.807) is 18.2 Å². The molecule has 0 radical (unpaired) electrons. The molecule has 0 aliphatic heterocycles. The normalized spacial score (nSPS) is 12.2. The van der Waals surface area contributed by atoms with Gasteiger partial charge in [-0.2, -0.15) is 0 Å². The van der Waals surface area contributed by atoms with E-state index in [2.05, 4.69) is 19.1 Å². The van der Waals surface area contributed by atoms with Gasteiger partial charge in [0.2, 0.25) is 0 Å². The fourth-order valence-corrected chi connectivity index (χ4v) is 1.88. The highest BCUT2D eigenvalue weighted by atomic mass is 16.4. The van der Waals surface area contributed by atoms with Crippen molar-refractivity contribution in [2.45, 2.75) is 64.7 Å². The van der Waals surface area contributed by atoms with Crippen LogP contribution in [0.15, 0.2) is 48.6 Å². The van der Waals surface area contributed by atoms with Crippen LogP contribution in [-0.4, -0.2) is 16.9 Å². The third kappa shape index (κ3) is 18.1. The van der Waals surface area contributed by atoms with Gasteiger partial charge in [-0.25, -0.2) is 0 Å². The van der Waals surface area contributed by atoms with Gasteiger partial charge in [-0.1, -0.05) is 62.3 Å². The van der Waals surface area contributed by atoms with Crippen LogP contribution in [0.5, 0.6) is 0 Å². The van der Waals surface area contributed by atoms with Crippen molar-refractivity contribution in [3.63, 3.8) is 0 Å². The maximum Gasteiger partial charge on any atom is 0.303 e. The molecule has 0 aromatic carbocycles. The monoisotopic (exact) mass is 318 g/mol. The zero-order chi connectivity index (χ0) is 17.2. The maximum atomic E-state index is 11.6. The molecule has 0 aromatic rings. The minimum Gasteiger partial charge on any atom is -0.481 e. The Morgan fingerprint density at radius 3 is 2.35 bits per heavy atom. The lowest BCUT2D eigenvalue weighted by Gasteiger charge is -1.91. The number of ketones is 1. The Hall–Kier alpha value is -1.90. The lowest BCUT2D eigenvalue weighted by atomic mass is 10.2. The molecule has 0 bridgehead atoms. The summed E-state index contributed by atoms with van der Waals surface area (Å²) in [4.78, 5) is 21.9. The van der Waals surface area contributed by atoms with Gasteiger partial charge in [-0.05, 0) is 38.2 Å². The van der Waals surface area contributed by atoms with Crippen LogP contribution >= 0.6 is 0 Å². The predicted molar refractivity (Wildman–Crippen MR) is 96.4 cm³/mol. The minimum absolute atomic E-state index is 0.0726. The second-order valence-corrected chi connectivity index (χ2v) is 5.42. The third-order valence-corrected chi connectivity index (χ3v) is 3.19. The van der Waals surface area contributed by atoms with E-state index in [0.717, 1.165) is 19.3 Å². The number of carbonyl (C=O) groups is 2. The van der Waals surface area contributed by atoms with E-state index < -0.39 is 5.97 Å². The highest BCUT2D eigenvalue weighted by Gasteiger charge is 1.93. The zero-order valence-corrected chi connectivity index (χ0v) is 14.2. The molecular formula is C20H30O3. The van der Waals surface area contributed by atoms with Gasteiger partial charge in [0.05, 0.1) is 0 Å². The van der Waals surface area contributed by atoms with Crippen molar-refractivity contribution < 1.29 is 14.7 Å². The minimum atomic E-state index is -0.772. The molecule has 0 saturated carbocycles. The topological polar surface area (TPSA) is 54.4 Å². The van der Waals surface area contributed by atoms with Crippen molar-refractivity contribution in [1.29, 1.82) is 0 Å². The van der Waals surface area contributed by atoms with Gasteiger partial charge in [0.25, 0.3) is 0 Å². The first-order valence-corrected chi connectivity index (χ1v) is 8.54. The van der Waals surface area contributed by atoms with E-state index in [0.29, 0.717) is 12.8 Å². The summed E-state index contributed by atoms with van der Waals surface area (Å²) in [7, 11) is 0. The van der Waals surface area contributed by atoms with Gasteiger partial charge in [0, 0.05) is 12.8 Å². The van der Waals surface area contributed by atoms with Crippen molar-refractivity contribution in [2.75, 3.05) is 0 Å². The van der Waals surface area contributed by atoms with Crippen molar-refractivity contribution in [2.24, 2.45) is 0 Å². The molecule has 3 heteroatoms. The van der Waals surface area contributed by atoms with Crippen molar-refractivity contribution >= 4 is 11.8 Å². The Morgan fingerprint density at radius 1 is 0.870 bits per heavy atom. The molecule has 0 saturated heterocycles. The Bertz CT molecular complexity index is 428. The van der Waals surface area contributed by atoms with Crippen molar-refractivity contribution in [1.82, 2.24) is 0 Å². The molecule has 0 aliphatic carbocycles. The Morgan fingerprint density at radius 2 is 1.61 bits per heavy atom. The summed E-state index contributed by atoms with van der Waals surface area (Å²) in [5.74, 6) is -0.699. The average Bonchev–Trinajstić information content (AvgIpc) is 2.52. The van der Waals surface area contributed by atoms with Gasteiger partial charge < -0.3 is 5.11 Å². The smallest absolute Gasteiger partial charge is 0.303 e. The zero-order valence-electron chi connectivity index (χ0n) is 14.2. The lowest BCUT2D eigenvalue weighted by Crippen LogP contribution is -1.92. The molecule has 128 valence electrons. The molecule has 0 rings (SSSR count). The number of carbonyl (C=O) groups excluding carboxylic acids is 1. The van der Waals surface area contributed by atoms with Crippen LogP contribution in [0.2, 0.25) is 0 Å². The van der Waals surface area contributed by atoms with E-state index in [-0.39, 0.29) is 12.2 Å². The second-order valence-electron chi connectivity index (χ2n) is 5.42. The molecule has 0 spiro atoms. The molecule has 0 aliphatic rings. The quantitative estimate of drug-likeness (QED) is 0.202. The van der Waals surface area contributed by atoms with E-state index in [9.17, 15) is 9.59 Å². The molecular weight excluding hydrogens is 288 g/mol. The van der Waals surface area contributed by atoms with Crippen LogP contribution in [0, 0.1) is 0 Å². The van der Waals surface area contributed by atoms with Gasteiger partial charge in [-0.15, -0.1) is 0 Å². The number of carboxylic acids is 1. The number of aliphatic carboxylic acids is 1. The van der Waals surface area contributed by atoms with Crippen LogP contribution in [0.1, 0.15) is 64.7 Å². The molecule has 0 unspecified atom stereocenters. The second kappa shape index (κ2) is 16.5. The van der Waals surface area contributed by atoms with Crippen LogP contribution in [0.4, 0.5) is 0 Å². The van der Waals surface area contributed by atoms with Crippen LogP contribution in [0.25, 0.3) is 0 Å². The maximum absolute atomic E-state index is 11.6. The Labute approximate surface area is 140 Å². The summed E-state index contributed by atoms with van der Waals surface area (Å²) < 4.78 is 0. The third-order valence-electron chi connectivity index (χ3n) is 3.19. The van der Waals surface area contributed by atoms with E-state index >= 15 is 0 Å². The lowest BCUT2D eigenvalue weighted by molar-refractivity contribution is -0.137. The number of unbranched alkanes of at least 4 members (excludes halogenated alkanes) is 4. The Kier molecular flexibility index (Phi) is 15.1. The summed E-state index contributed by atoms with van der Waals surface area (Å²) in [6, 6.07) is 0. The predicted octanol–water partition coefficient (Wildman–Crippen LogP) is 5.40. The molecule has 0 heterocycles. The summed E-state index contributed by atoms with van der Waals surface area (Å²) in [5, 5.41) is 8.48. The number of carboxylic acid groups (broad SMARTS) is 1. The fourth-order valence-electron chi connectivity index (χ4n) is 1.88. The van der Waals surface area contributed by atoms with Gasteiger partial charge in [0.1, 0.15) is 0 Å². The SMILES string of the molecule is CCCCC/C=C\C/C=C\CC(=O)/C=C/C=C\CCCC(=O)O. The number of allylic oxidation sites excluding steroid dienone is 8. The first-order chi connectivity index (χ1) is 11.2. The van der Waals surface area contributed by atoms with Gasteiger partial charge in [0.15, 0.2) is 5.78 Å². The first-order valence-electron chi connectivity index (χ1n) is 8.54. The fraction of sp³-hybridized carbons (Fsp3) is 0.500. The highest BCUT2D eigenvalue weighted by Crippen LogP contribution is 2.01. The number of hydrogen-bond acceptors (Lipinski definition) is 2. The molecule has 0 atom stereocenters. The molecule has 23 heavy (non-hydrogen) atoms. The number of hydrogen-bond donors (Lipinski definition) is 1. The van der Waals surface area contributed by atoms with Crippen molar-refractivity contribution in [3.8, 4) is 0 Å².